The molecule has 0 bridgehead atoms. The zero-order chi connectivity index (χ0) is 9.82. The predicted molar refractivity (Wildman–Crippen MR) is 59.4 cm³/mol. The molecule has 0 aromatic heterocycles. The summed E-state index contributed by atoms with van der Waals surface area (Å²) in [4.78, 5) is 0. The van der Waals surface area contributed by atoms with Crippen molar-refractivity contribution in [2.24, 2.45) is 0 Å². The van der Waals surface area contributed by atoms with E-state index in [-0.39, 0.29) is 0 Å². The first-order chi connectivity index (χ1) is 5.68. The average molecular weight is 168 g/mol. The van der Waals surface area contributed by atoms with E-state index in [4.69, 9.17) is 0 Å². The van der Waals surface area contributed by atoms with E-state index in [1.807, 2.05) is 6.92 Å². The molecule has 0 radical (unpaired) electrons. The Hall–Kier alpha value is -0.520. The highest BCUT2D eigenvalue weighted by atomic mass is 13.8. The van der Waals surface area contributed by atoms with Gasteiger partial charge in [-0.25, -0.2) is 0 Å². The molecule has 0 aliphatic rings. The third-order valence-electron chi connectivity index (χ3n) is 1.46. The van der Waals surface area contributed by atoms with E-state index in [0.717, 1.165) is 6.42 Å². The lowest BCUT2D eigenvalue weighted by molar-refractivity contribution is 0.952. The molecule has 0 nitrogen and oxygen atoms in total. The molecule has 0 aliphatic heterocycles. The zero-order valence-corrected chi connectivity index (χ0v) is 9.19. The molecular formula is C12H24. The molecule has 0 amide bonds. The van der Waals surface area contributed by atoms with Crippen LogP contribution < -0.4 is 0 Å². The number of hydrogen-bond acceptors (Lipinski definition) is 0. The summed E-state index contributed by atoms with van der Waals surface area (Å²) >= 11 is 0. The molecule has 0 fully saturated rings. The van der Waals surface area contributed by atoms with Crippen LogP contribution in [-0.4, -0.2) is 0 Å². The highest BCUT2D eigenvalue weighted by molar-refractivity contribution is 4.84. The molecule has 0 spiro atoms. The van der Waals surface area contributed by atoms with E-state index in [2.05, 4.69) is 39.5 Å². The Morgan fingerprint density at radius 3 is 1.92 bits per heavy atom. The number of unbranched alkanes of at least 4 members (excludes halogenated alkanes) is 1. The highest BCUT2D eigenvalue weighted by Gasteiger charge is 1.68. The average Bonchev–Trinajstić information content (AvgIpc) is 2.07. The Labute approximate surface area is 78.4 Å². The van der Waals surface area contributed by atoms with Crippen LogP contribution in [0.2, 0.25) is 0 Å². The summed E-state index contributed by atoms with van der Waals surface area (Å²) in [5.74, 6) is 0. The maximum atomic E-state index is 3.67. The van der Waals surface area contributed by atoms with Crippen molar-refractivity contribution in [1.82, 2.24) is 0 Å². The van der Waals surface area contributed by atoms with Crippen LogP contribution in [0.25, 0.3) is 0 Å². The monoisotopic (exact) mass is 168 g/mol. The van der Waals surface area contributed by atoms with Gasteiger partial charge >= 0.3 is 0 Å². The second-order valence-corrected chi connectivity index (χ2v) is 2.98. The topological polar surface area (TPSA) is 0 Å². The maximum Gasteiger partial charge on any atom is -0.0353 e. The van der Waals surface area contributed by atoms with Crippen LogP contribution in [0.5, 0.6) is 0 Å². The SMILES string of the molecule is C=C(C)CC.CCC=CCCC. The molecule has 0 aromatic carbocycles. The van der Waals surface area contributed by atoms with Crippen molar-refractivity contribution in [2.75, 3.05) is 0 Å². The van der Waals surface area contributed by atoms with E-state index < -0.39 is 0 Å². The van der Waals surface area contributed by atoms with Crippen LogP contribution in [0.3, 0.4) is 0 Å². The van der Waals surface area contributed by atoms with Crippen molar-refractivity contribution in [3.05, 3.63) is 24.3 Å². The van der Waals surface area contributed by atoms with Gasteiger partial charge in [-0.15, -0.1) is 6.58 Å². The third-order valence-corrected chi connectivity index (χ3v) is 1.46. The summed E-state index contributed by atoms with van der Waals surface area (Å²) < 4.78 is 0. The normalized spacial score (nSPS) is 9.33. The van der Waals surface area contributed by atoms with Gasteiger partial charge < -0.3 is 0 Å². The maximum absolute atomic E-state index is 3.67. The fraction of sp³-hybridized carbons (Fsp3) is 0.667. The molecular weight excluding hydrogens is 144 g/mol. The molecule has 72 valence electrons. The van der Waals surface area contributed by atoms with Crippen molar-refractivity contribution in [2.45, 2.75) is 53.4 Å². The molecule has 12 heavy (non-hydrogen) atoms. The molecule has 0 saturated heterocycles. The molecule has 0 N–H and O–H groups in total. The van der Waals surface area contributed by atoms with Crippen molar-refractivity contribution in [3.8, 4) is 0 Å². The zero-order valence-electron chi connectivity index (χ0n) is 9.19. The lowest BCUT2D eigenvalue weighted by atomic mass is 10.3. The molecule has 0 rings (SSSR count). The number of hydrogen-bond donors (Lipinski definition) is 0. The largest absolute Gasteiger partial charge is 0.100 e. The molecule has 0 heteroatoms. The van der Waals surface area contributed by atoms with E-state index in [9.17, 15) is 0 Å². The second kappa shape index (κ2) is 13.1. The van der Waals surface area contributed by atoms with Gasteiger partial charge in [0.1, 0.15) is 0 Å². The van der Waals surface area contributed by atoms with E-state index in [0.29, 0.717) is 0 Å². The molecule has 0 unspecified atom stereocenters. The summed E-state index contributed by atoms with van der Waals surface area (Å²) in [5.41, 5.74) is 1.25. The fourth-order valence-electron chi connectivity index (χ4n) is 0.451. The Morgan fingerprint density at radius 1 is 1.17 bits per heavy atom. The lowest BCUT2D eigenvalue weighted by Crippen LogP contribution is -1.58. The van der Waals surface area contributed by atoms with Gasteiger partial charge in [-0.1, -0.05) is 44.9 Å². The molecule has 0 saturated carbocycles. The minimum absolute atomic E-state index is 1.11. The molecule has 0 aliphatic carbocycles. The minimum atomic E-state index is 1.11. The van der Waals surface area contributed by atoms with Crippen molar-refractivity contribution in [3.63, 3.8) is 0 Å². The highest BCUT2D eigenvalue weighted by Crippen LogP contribution is 1.89. The Bertz CT molecular complexity index is 109. The quantitative estimate of drug-likeness (QED) is 0.532. The fourth-order valence-corrected chi connectivity index (χ4v) is 0.451. The predicted octanol–water partition coefficient (Wildman–Crippen LogP) is 4.73. The van der Waals surface area contributed by atoms with Gasteiger partial charge in [-0.05, 0) is 26.2 Å². The smallest absolute Gasteiger partial charge is 0.0353 e. The van der Waals surface area contributed by atoms with Gasteiger partial charge in [0.2, 0.25) is 0 Å². The van der Waals surface area contributed by atoms with Crippen molar-refractivity contribution >= 4 is 0 Å². The van der Waals surface area contributed by atoms with E-state index in [1.165, 1.54) is 24.8 Å². The summed E-state index contributed by atoms with van der Waals surface area (Å²) in [6, 6.07) is 0. The van der Waals surface area contributed by atoms with Crippen LogP contribution in [0.1, 0.15) is 53.4 Å². The van der Waals surface area contributed by atoms with Crippen molar-refractivity contribution < 1.29 is 0 Å². The minimum Gasteiger partial charge on any atom is -0.100 e. The first-order valence-electron chi connectivity index (χ1n) is 4.98. The molecule has 0 aromatic rings. The molecule has 0 heterocycles. The second-order valence-electron chi connectivity index (χ2n) is 2.98. The van der Waals surface area contributed by atoms with Gasteiger partial charge in [0.05, 0.1) is 0 Å². The van der Waals surface area contributed by atoms with Gasteiger partial charge in [-0.2, -0.15) is 0 Å². The first kappa shape index (κ1) is 14.0. The first-order valence-corrected chi connectivity index (χ1v) is 4.98. The van der Waals surface area contributed by atoms with Gasteiger partial charge in [0, 0.05) is 0 Å². The van der Waals surface area contributed by atoms with E-state index >= 15 is 0 Å². The van der Waals surface area contributed by atoms with E-state index in [1.54, 1.807) is 0 Å². The summed E-state index contributed by atoms with van der Waals surface area (Å²) in [5, 5.41) is 0. The number of rotatable bonds is 4. The van der Waals surface area contributed by atoms with Gasteiger partial charge in [-0.3, -0.25) is 0 Å². The molecule has 0 atom stereocenters. The lowest BCUT2D eigenvalue weighted by Gasteiger charge is -1.79. The summed E-state index contributed by atoms with van der Waals surface area (Å²) in [6.07, 6.45) is 9.26. The van der Waals surface area contributed by atoms with Gasteiger partial charge in [0.25, 0.3) is 0 Å². The van der Waals surface area contributed by atoms with Crippen molar-refractivity contribution in [1.29, 1.82) is 0 Å². The number of allylic oxidation sites excluding steroid dienone is 3. The van der Waals surface area contributed by atoms with Crippen LogP contribution >= 0.6 is 0 Å². The van der Waals surface area contributed by atoms with Crippen LogP contribution in [0.4, 0.5) is 0 Å². The Balaban J connectivity index is 0. The van der Waals surface area contributed by atoms with Crippen LogP contribution in [0, 0.1) is 0 Å². The standard InChI is InChI=1S/C7H14.C5H10/c1-3-5-7-6-4-2;1-4-5(2)3/h5,7H,3-4,6H2,1-2H3;2,4H2,1,3H3. The summed E-state index contributed by atoms with van der Waals surface area (Å²) in [6.45, 7) is 12.2. The summed E-state index contributed by atoms with van der Waals surface area (Å²) in [7, 11) is 0. The van der Waals surface area contributed by atoms with Gasteiger partial charge in [0.15, 0.2) is 0 Å². The third kappa shape index (κ3) is 22.7. The van der Waals surface area contributed by atoms with Crippen LogP contribution in [0.15, 0.2) is 24.3 Å². The Morgan fingerprint density at radius 2 is 1.67 bits per heavy atom. The Kier molecular flexibility index (Phi) is 15.3. The van der Waals surface area contributed by atoms with Crippen LogP contribution in [-0.2, 0) is 0 Å².